The third-order valence-electron chi connectivity index (χ3n) is 24.1. The van der Waals surface area contributed by atoms with E-state index in [2.05, 4.69) is 129 Å². The lowest BCUT2D eigenvalue weighted by Crippen LogP contribution is -2.76. The molecular formula is C89H150O9P2. The number of aryl methyl sites for hydroxylation is 1. The van der Waals surface area contributed by atoms with Crippen molar-refractivity contribution in [1.82, 2.24) is 0 Å². The Morgan fingerprint density at radius 2 is 0.670 bits per heavy atom. The summed E-state index contributed by atoms with van der Waals surface area (Å²) in [5.74, 6) is -0.0634. The summed E-state index contributed by atoms with van der Waals surface area (Å²) in [7, 11) is -3.51. The molecule has 4 aliphatic rings. The van der Waals surface area contributed by atoms with Gasteiger partial charge >= 0.3 is 22.8 Å². The topological polar surface area (TPSA) is 117 Å². The van der Waals surface area contributed by atoms with E-state index in [9.17, 15) is 10.2 Å². The van der Waals surface area contributed by atoms with Crippen LogP contribution in [-0.2, 0) is 40.6 Å². The molecule has 570 valence electrons. The third kappa shape index (κ3) is 20.6. The van der Waals surface area contributed by atoms with Gasteiger partial charge < -0.3 is 18.9 Å². The van der Waals surface area contributed by atoms with E-state index < -0.39 is 55.3 Å². The number of hydrogen-bond acceptors (Lipinski definition) is 9. The van der Waals surface area contributed by atoms with E-state index in [0.29, 0.717) is 22.7 Å². The Labute approximate surface area is 615 Å². The molecule has 4 aliphatic heterocycles. The van der Waals surface area contributed by atoms with Crippen molar-refractivity contribution >= 4 is 28.0 Å². The van der Waals surface area contributed by atoms with Gasteiger partial charge in [0.25, 0.3) is 0 Å². The van der Waals surface area contributed by atoms with Crippen molar-refractivity contribution in [2.24, 2.45) is 5.41 Å². The Morgan fingerprint density at radius 3 is 1.01 bits per heavy atom. The van der Waals surface area contributed by atoms with E-state index in [1.807, 2.05) is 6.07 Å². The minimum absolute atomic E-state index is 0.316. The maximum absolute atomic E-state index is 12.6. The number of phenolic OH excluding ortho intramolecular Hbond substituents is 2. The first kappa shape index (κ1) is 84.3. The highest BCUT2D eigenvalue weighted by Gasteiger charge is 2.84. The van der Waals surface area contributed by atoms with Gasteiger partial charge in [-0.2, -0.15) is 0 Å². The van der Waals surface area contributed by atoms with E-state index in [0.717, 1.165) is 118 Å². The largest absolute Gasteiger partial charge is 0.508 e. The van der Waals surface area contributed by atoms with Crippen molar-refractivity contribution in [3.05, 3.63) is 74.3 Å². The minimum Gasteiger partial charge on any atom is -0.508 e. The van der Waals surface area contributed by atoms with E-state index in [-0.39, 0.29) is 0 Å². The number of fused-ring (bicyclic) bond motifs is 1. The molecule has 0 spiro atoms. The molecule has 8 rings (SSSR count). The molecule has 9 nitrogen and oxygen atoms in total. The second-order valence-electron chi connectivity index (χ2n) is 35.0. The molecule has 0 aliphatic carbocycles. The first-order valence-electron chi connectivity index (χ1n) is 42.2. The molecule has 2 N–H and O–H groups in total. The molecule has 3 unspecified atom stereocenters. The fraction of sp³-hybridized carbons (Fsp3) is 0.798. The second-order valence-corrected chi connectivity index (χ2v) is 37.0. The molecule has 4 bridgehead atoms. The third-order valence-corrected chi connectivity index (χ3v) is 26.1. The van der Waals surface area contributed by atoms with Crippen LogP contribution < -0.4 is 4.52 Å². The summed E-state index contributed by atoms with van der Waals surface area (Å²) >= 11 is 0. The fourth-order valence-electron chi connectivity index (χ4n) is 19.3. The van der Waals surface area contributed by atoms with E-state index in [1.165, 1.54) is 246 Å². The quantitative estimate of drug-likeness (QED) is 0.0223. The van der Waals surface area contributed by atoms with Crippen LogP contribution in [0.1, 0.15) is 448 Å². The van der Waals surface area contributed by atoms with Crippen molar-refractivity contribution in [1.29, 1.82) is 0 Å². The summed E-state index contributed by atoms with van der Waals surface area (Å²) < 4.78 is 50.2. The first-order valence-corrected chi connectivity index (χ1v) is 44.4. The molecule has 0 radical (unpaired) electrons. The normalized spacial score (nSPS) is 17.4. The number of phenols is 2. The van der Waals surface area contributed by atoms with Crippen LogP contribution in [0.5, 0.6) is 17.2 Å². The Balaban J connectivity index is 1.63. The summed E-state index contributed by atoms with van der Waals surface area (Å²) in [6.45, 7) is 37.4. The van der Waals surface area contributed by atoms with Crippen molar-refractivity contribution in [3.63, 3.8) is 0 Å². The van der Waals surface area contributed by atoms with Crippen LogP contribution in [0.15, 0.2) is 37.4 Å². The molecule has 3 fully saturated rings. The lowest BCUT2D eigenvalue weighted by Gasteiger charge is -2.73. The maximum atomic E-state index is 12.6. The lowest BCUT2D eigenvalue weighted by atomic mass is 9.38. The van der Waals surface area contributed by atoms with Crippen LogP contribution in [0, 0.1) is 26.2 Å². The van der Waals surface area contributed by atoms with Gasteiger partial charge in [0.2, 0.25) is 11.2 Å². The summed E-state index contributed by atoms with van der Waals surface area (Å²) in [6.07, 6.45) is 57.7. The monoisotopic (exact) mass is 1430 g/mol. The summed E-state index contributed by atoms with van der Waals surface area (Å²) in [6, 6.07) is 8.83. The molecule has 3 atom stereocenters. The second kappa shape index (κ2) is 40.7. The highest BCUT2D eigenvalue weighted by Crippen LogP contribution is 2.85. The standard InChI is InChI=1S/C89H150O9P2/c1-17-21-25-29-33-37-41-45-49-53-57-65-86(66-58-54-50-46-42-38-34-30-26-22-18-2,88(89-95-100(96-89)97-89,68-60-56-52-48-44-40-36-32-28-24-20-4)73-62-64-75(91)70(6)77(73)84(11,12)13)87(67-59-55-51-47-43-39-35-31-27-23-19-3,72-61-63-74(90)69(5)76(72)83(8,9)10)79-78(85(14,15)16)71(7)80-82-81(79)93-99(94-82)98-92-80/h61-64,90-91H,17-60,65-68H2,1-16H3. The van der Waals surface area contributed by atoms with Crippen molar-refractivity contribution in [2.75, 3.05) is 0 Å². The Morgan fingerprint density at radius 1 is 0.350 bits per heavy atom. The minimum atomic E-state index is -1.94. The van der Waals surface area contributed by atoms with Crippen LogP contribution in [0.4, 0.5) is 0 Å². The summed E-state index contributed by atoms with van der Waals surface area (Å²) in [5.41, 5.74) is 7.15. The van der Waals surface area contributed by atoms with Crippen LogP contribution in [0.25, 0.3) is 11.2 Å². The maximum Gasteiger partial charge on any atom is 0.491 e. The highest BCUT2D eigenvalue weighted by molar-refractivity contribution is 7.45. The van der Waals surface area contributed by atoms with Crippen molar-refractivity contribution in [3.8, 4) is 17.2 Å². The van der Waals surface area contributed by atoms with Gasteiger partial charge in [0, 0.05) is 22.0 Å². The van der Waals surface area contributed by atoms with E-state index in [4.69, 9.17) is 31.2 Å². The van der Waals surface area contributed by atoms with Gasteiger partial charge in [-0.05, 0) is 114 Å². The number of benzene rings is 3. The van der Waals surface area contributed by atoms with Gasteiger partial charge in [0.1, 0.15) is 11.5 Å². The molecule has 1 aromatic heterocycles. The Bertz CT molecular complexity index is 3020. The van der Waals surface area contributed by atoms with Crippen LogP contribution in [0.3, 0.4) is 0 Å². The Hall–Kier alpha value is -2.93. The van der Waals surface area contributed by atoms with Crippen molar-refractivity contribution in [2.45, 2.75) is 452 Å². The van der Waals surface area contributed by atoms with Gasteiger partial charge in [0.15, 0.2) is 5.75 Å². The SMILES string of the molecule is CCCCCCCCCCCCCC(c1ccc(O)c(C)c1C(C)(C)C)(c1c(C(C)(C)C)c(C)c2oop3oc2c1O3)C(CCCCCCCCCCCCC)(CCCCCCCCCCCCC)C(CCCCCCCCCCCCC)(c1ccc(O)c(C)c1C(C)(C)C)C12OP(O1)O2. The van der Waals surface area contributed by atoms with Crippen molar-refractivity contribution < 1.29 is 41.4 Å². The highest BCUT2D eigenvalue weighted by atomic mass is 31.2. The fourth-order valence-corrected chi connectivity index (χ4v) is 21.3. The predicted molar refractivity (Wildman–Crippen MR) is 426 cm³/mol. The smallest absolute Gasteiger partial charge is 0.491 e. The molecule has 0 amide bonds. The van der Waals surface area contributed by atoms with Gasteiger partial charge in [-0.25, -0.2) is 4.36 Å². The molecule has 0 saturated carbocycles. The van der Waals surface area contributed by atoms with Crippen LogP contribution >= 0.6 is 16.8 Å². The Kier molecular flexibility index (Phi) is 34.3. The van der Waals surface area contributed by atoms with Gasteiger partial charge in [-0.15, -0.1) is 0 Å². The molecule has 3 aromatic carbocycles. The lowest BCUT2D eigenvalue weighted by molar-refractivity contribution is -0.461. The van der Waals surface area contributed by atoms with Gasteiger partial charge in [-0.1, -0.05) is 385 Å². The predicted octanol–water partition coefficient (Wildman–Crippen LogP) is 31.1. The molecule has 4 aromatic rings. The number of hydrogen-bond donors (Lipinski definition) is 2. The molecule has 100 heavy (non-hydrogen) atoms. The molecule has 11 heteroatoms. The average Bonchev–Trinajstić information content (AvgIpc) is 0.726. The summed E-state index contributed by atoms with van der Waals surface area (Å²) in [5, 5.41) is 25.1. The number of unbranched alkanes of at least 4 members (excludes halogenated alkanes) is 40. The molecule has 3 saturated heterocycles. The zero-order valence-corrected chi connectivity index (χ0v) is 69.2. The number of rotatable bonds is 54. The zero-order valence-electron chi connectivity index (χ0n) is 67.4. The average molecular weight is 1430 g/mol. The molecule has 5 heterocycles. The molecular weight excluding hydrogens is 1270 g/mol. The van der Waals surface area contributed by atoms with E-state index >= 15 is 0 Å². The zero-order chi connectivity index (χ0) is 72.5. The van der Waals surface area contributed by atoms with Gasteiger partial charge in [-0.3, -0.25) is 18.1 Å². The van der Waals surface area contributed by atoms with E-state index in [1.54, 1.807) is 0 Å². The van der Waals surface area contributed by atoms with Gasteiger partial charge in [0.05, 0.1) is 5.41 Å². The van der Waals surface area contributed by atoms with Crippen LogP contribution in [-0.4, -0.2) is 16.2 Å². The number of aromatic hydroxyl groups is 2. The first-order chi connectivity index (χ1) is 48.0. The van der Waals surface area contributed by atoms with Crippen LogP contribution in [0.2, 0.25) is 0 Å². The summed E-state index contributed by atoms with van der Waals surface area (Å²) in [4.78, 5) is 0.